The van der Waals surface area contributed by atoms with Crippen LogP contribution in [0.2, 0.25) is 20.5 Å². The minimum Gasteiger partial charge on any atom is -0.339 e. The van der Waals surface area contributed by atoms with E-state index in [-0.39, 0.29) is 5.28 Å². The van der Waals surface area contributed by atoms with Gasteiger partial charge in [-0.05, 0) is 35.4 Å². The normalized spacial score (nSPS) is 11.2. The summed E-state index contributed by atoms with van der Waals surface area (Å²) in [6.07, 6.45) is 1.87. The maximum Gasteiger partial charge on any atom is 0.224 e. The largest absolute Gasteiger partial charge is 0.339 e. The number of benzene rings is 1. The Hall–Kier alpha value is -1.000. The summed E-state index contributed by atoms with van der Waals surface area (Å²) in [5.74, 6) is 0. The van der Waals surface area contributed by atoms with Gasteiger partial charge in [-0.25, -0.2) is 9.97 Å². The van der Waals surface area contributed by atoms with Crippen molar-refractivity contribution in [1.29, 1.82) is 0 Å². The second kappa shape index (κ2) is 5.41. The number of fused-ring (bicyclic) bond motifs is 1. The number of rotatable bonds is 2. The molecule has 0 aliphatic carbocycles. The van der Waals surface area contributed by atoms with Crippen molar-refractivity contribution in [2.45, 2.75) is 6.54 Å². The smallest absolute Gasteiger partial charge is 0.224 e. The first-order valence-corrected chi connectivity index (χ1v) is 7.17. The van der Waals surface area contributed by atoms with Crippen LogP contribution in [0.5, 0.6) is 0 Å². The summed E-state index contributed by atoms with van der Waals surface area (Å²) in [5.41, 5.74) is 2.35. The SMILES string of the molecule is Clc1ccc(Cn2ccc3nc(Cl)nc(Cl)c32)c(Cl)c1. The molecule has 3 nitrogen and oxygen atoms in total. The Morgan fingerprint density at radius 2 is 1.80 bits per heavy atom. The molecule has 0 bridgehead atoms. The summed E-state index contributed by atoms with van der Waals surface area (Å²) >= 11 is 24.0. The lowest BCUT2D eigenvalue weighted by Gasteiger charge is -2.08. The highest BCUT2D eigenvalue weighted by atomic mass is 35.5. The predicted octanol–water partition coefficient (Wildman–Crippen LogP) is 5.09. The van der Waals surface area contributed by atoms with E-state index in [1.165, 1.54) is 0 Å². The van der Waals surface area contributed by atoms with Crippen molar-refractivity contribution < 1.29 is 0 Å². The summed E-state index contributed by atoms with van der Waals surface area (Å²) in [6, 6.07) is 7.21. The average molecular weight is 347 g/mol. The van der Waals surface area contributed by atoms with E-state index in [4.69, 9.17) is 46.4 Å². The summed E-state index contributed by atoms with van der Waals surface area (Å²) in [6.45, 7) is 0.546. The zero-order valence-electron chi connectivity index (χ0n) is 9.95. The molecular weight excluding hydrogens is 340 g/mol. The molecule has 102 valence electrons. The number of halogens is 4. The second-order valence-electron chi connectivity index (χ2n) is 4.20. The maximum atomic E-state index is 6.18. The Balaban J connectivity index is 2.07. The van der Waals surface area contributed by atoms with E-state index in [1.807, 2.05) is 22.9 Å². The van der Waals surface area contributed by atoms with Crippen LogP contribution in [0.1, 0.15) is 5.56 Å². The highest BCUT2D eigenvalue weighted by molar-refractivity contribution is 6.36. The Kier molecular flexibility index (Phi) is 3.78. The van der Waals surface area contributed by atoms with Crippen LogP contribution in [0.3, 0.4) is 0 Å². The molecule has 0 N–H and O–H groups in total. The van der Waals surface area contributed by atoms with Gasteiger partial charge >= 0.3 is 0 Å². The lowest BCUT2D eigenvalue weighted by molar-refractivity contribution is 0.834. The minimum absolute atomic E-state index is 0.129. The average Bonchev–Trinajstić information content (AvgIpc) is 2.76. The van der Waals surface area contributed by atoms with Gasteiger partial charge in [-0.2, -0.15) is 0 Å². The molecule has 3 aromatic rings. The van der Waals surface area contributed by atoms with E-state index >= 15 is 0 Å². The highest BCUT2D eigenvalue weighted by Gasteiger charge is 2.11. The van der Waals surface area contributed by atoms with E-state index < -0.39 is 0 Å². The van der Waals surface area contributed by atoms with Crippen LogP contribution in [0.15, 0.2) is 30.5 Å². The Morgan fingerprint density at radius 3 is 2.55 bits per heavy atom. The summed E-state index contributed by atoms with van der Waals surface area (Å²) in [5, 5.41) is 1.65. The molecule has 0 amide bonds. The van der Waals surface area contributed by atoms with Gasteiger partial charge in [-0.3, -0.25) is 0 Å². The van der Waals surface area contributed by atoms with Gasteiger partial charge in [-0.1, -0.05) is 40.9 Å². The lowest BCUT2D eigenvalue weighted by Crippen LogP contribution is -2.00. The molecule has 0 spiro atoms. The van der Waals surface area contributed by atoms with Gasteiger partial charge in [0.25, 0.3) is 0 Å². The predicted molar refractivity (Wildman–Crippen MR) is 83.1 cm³/mol. The molecule has 0 aliphatic heterocycles. The van der Waals surface area contributed by atoms with Crippen LogP contribution in [0.4, 0.5) is 0 Å². The third-order valence-electron chi connectivity index (χ3n) is 2.90. The Labute approximate surface area is 135 Å². The molecule has 0 saturated heterocycles. The van der Waals surface area contributed by atoms with Crippen LogP contribution in [-0.2, 0) is 6.54 Å². The molecule has 2 heterocycles. The molecule has 0 aliphatic rings. The molecule has 0 atom stereocenters. The van der Waals surface area contributed by atoms with Gasteiger partial charge < -0.3 is 4.57 Å². The monoisotopic (exact) mass is 345 g/mol. The van der Waals surface area contributed by atoms with Crippen LogP contribution in [0.25, 0.3) is 11.0 Å². The van der Waals surface area contributed by atoms with Crippen LogP contribution >= 0.6 is 46.4 Å². The van der Waals surface area contributed by atoms with Crippen molar-refractivity contribution in [1.82, 2.24) is 14.5 Å². The van der Waals surface area contributed by atoms with Crippen molar-refractivity contribution in [2.75, 3.05) is 0 Å². The highest BCUT2D eigenvalue weighted by Crippen LogP contribution is 2.26. The summed E-state index contributed by atoms with van der Waals surface area (Å²) in [7, 11) is 0. The third-order valence-corrected chi connectivity index (χ3v) is 3.92. The summed E-state index contributed by atoms with van der Waals surface area (Å²) < 4.78 is 1.92. The first-order valence-electron chi connectivity index (χ1n) is 5.66. The molecule has 1 aromatic carbocycles. The molecule has 20 heavy (non-hydrogen) atoms. The van der Waals surface area contributed by atoms with Gasteiger partial charge in [0.2, 0.25) is 5.28 Å². The van der Waals surface area contributed by atoms with E-state index in [0.29, 0.717) is 27.3 Å². The van der Waals surface area contributed by atoms with Gasteiger partial charge in [0.1, 0.15) is 5.52 Å². The van der Waals surface area contributed by atoms with E-state index in [9.17, 15) is 0 Å². The zero-order chi connectivity index (χ0) is 14.3. The maximum absolute atomic E-state index is 6.18. The number of aromatic nitrogens is 3. The van der Waals surface area contributed by atoms with E-state index in [2.05, 4.69) is 9.97 Å². The molecule has 0 unspecified atom stereocenters. The Bertz CT molecular complexity index is 798. The molecular formula is C13H7Cl4N3. The number of nitrogens with zero attached hydrogens (tertiary/aromatic N) is 3. The Morgan fingerprint density at radius 1 is 1.00 bits per heavy atom. The lowest BCUT2D eigenvalue weighted by atomic mass is 10.2. The van der Waals surface area contributed by atoms with Crippen LogP contribution in [0, 0.1) is 0 Å². The van der Waals surface area contributed by atoms with E-state index in [0.717, 1.165) is 11.1 Å². The standard InChI is InChI=1S/C13H7Cl4N3/c14-8-2-1-7(9(15)5-8)6-20-4-3-10-11(20)12(16)19-13(17)18-10/h1-5H,6H2. The fourth-order valence-corrected chi connectivity index (χ4v) is 2.97. The van der Waals surface area contributed by atoms with Crippen molar-refractivity contribution in [3.63, 3.8) is 0 Å². The zero-order valence-corrected chi connectivity index (χ0v) is 13.0. The summed E-state index contributed by atoms with van der Waals surface area (Å²) in [4.78, 5) is 8.09. The van der Waals surface area contributed by atoms with Crippen LogP contribution in [-0.4, -0.2) is 14.5 Å². The topological polar surface area (TPSA) is 30.7 Å². The van der Waals surface area contributed by atoms with Gasteiger partial charge in [0, 0.05) is 22.8 Å². The van der Waals surface area contributed by atoms with Gasteiger partial charge in [0.15, 0.2) is 5.15 Å². The third kappa shape index (κ3) is 2.59. The fraction of sp³-hybridized carbons (Fsp3) is 0.0769. The number of hydrogen-bond acceptors (Lipinski definition) is 2. The molecule has 2 aromatic heterocycles. The van der Waals surface area contributed by atoms with Crippen molar-refractivity contribution >= 4 is 57.4 Å². The molecule has 7 heteroatoms. The number of hydrogen-bond donors (Lipinski definition) is 0. The van der Waals surface area contributed by atoms with E-state index in [1.54, 1.807) is 12.1 Å². The van der Waals surface area contributed by atoms with Gasteiger partial charge in [0.05, 0.1) is 5.52 Å². The second-order valence-corrected chi connectivity index (χ2v) is 5.74. The quantitative estimate of drug-likeness (QED) is 0.477. The van der Waals surface area contributed by atoms with Crippen molar-refractivity contribution in [2.24, 2.45) is 0 Å². The van der Waals surface area contributed by atoms with Crippen molar-refractivity contribution in [3.8, 4) is 0 Å². The first kappa shape index (κ1) is 14.0. The first-order chi connectivity index (χ1) is 9.54. The molecule has 0 fully saturated rings. The molecule has 0 saturated carbocycles. The van der Waals surface area contributed by atoms with Crippen LogP contribution < -0.4 is 0 Å². The molecule has 3 rings (SSSR count). The minimum atomic E-state index is 0.129. The molecule has 0 radical (unpaired) electrons. The van der Waals surface area contributed by atoms with Crippen molar-refractivity contribution in [3.05, 3.63) is 56.5 Å². The van der Waals surface area contributed by atoms with Gasteiger partial charge in [-0.15, -0.1) is 0 Å². The fourth-order valence-electron chi connectivity index (χ4n) is 2.00.